The zero-order chi connectivity index (χ0) is 31.9. The van der Waals surface area contributed by atoms with Gasteiger partial charge in [0.05, 0.1) is 12.7 Å². The molecular weight excluding hydrogens is 576 g/mol. The van der Waals surface area contributed by atoms with Crippen molar-refractivity contribution in [2.24, 2.45) is 11.7 Å². The van der Waals surface area contributed by atoms with Crippen molar-refractivity contribution in [1.29, 1.82) is 0 Å². The Hall–Kier alpha value is -3.56. The highest BCUT2D eigenvalue weighted by molar-refractivity contribution is 5.78. The predicted molar refractivity (Wildman–Crippen MR) is 174 cm³/mol. The lowest BCUT2D eigenvalue weighted by Gasteiger charge is -2.33. The number of nitrogens with one attached hydrogen (secondary N) is 4. The summed E-state index contributed by atoms with van der Waals surface area (Å²) in [6.07, 6.45) is 12.9. The summed E-state index contributed by atoms with van der Waals surface area (Å²) in [5, 5.41) is 30.7. The van der Waals surface area contributed by atoms with Crippen molar-refractivity contribution in [1.82, 2.24) is 40.9 Å². The van der Waals surface area contributed by atoms with Crippen molar-refractivity contribution in [3.05, 3.63) is 18.0 Å². The van der Waals surface area contributed by atoms with Crippen LogP contribution in [0.5, 0.6) is 0 Å². The van der Waals surface area contributed by atoms with Gasteiger partial charge in [-0.1, -0.05) is 24.5 Å². The van der Waals surface area contributed by atoms with Gasteiger partial charge in [0, 0.05) is 44.7 Å². The van der Waals surface area contributed by atoms with E-state index in [4.69, 9.17) is 16.6 Å². The molecule has 4 rings (SSSR count). The molecule has 2 fully saturated rings. The lowest BCUT2D eigenvalue weighted by Crippen LogP contribution is -2.39. The van der Waals surface area contributed by atoms with E-state index in [1.165, 1.54) is 32.1 Å². The Kier molecular flexibility index (Phi) is 14.0. The maximum absolute atomic E-state index is 12.1. The van der Waals surface area contributed by atoms with Crippen molar-refractivity contribution in [2.75, 3.05) is 55.2 Å². The molecule has 9 N–H and O–H groups in total. The highest BCUT2D eigenvalue weighted by atomic mass is 16.4. The third-order valence-electron chi connectivity index (χ3n) is 8.58. The van der Waals surface area contributed by atoms with Crippen LogP contribution >= 0.6 is 0 Å². The number of nitrogens with zero attached hydrogens (tertiary/aromatic N) is 6. The summed E-state index contributed by atoms with van der Waals surface area (Å²) < 4.78 is 1.87. The first-order chi connectivity index (χ1) is 21.9. The number of aliphatic carboxylic acids is 1. The van der Waals surface area contributed by atoms with E-state index in [0.717, 1.165) is 82.5 Å². The zero-order valence-corrected chi connectivity index (χ0v) is 26.4. The molecule has 2 aliphatic rings. The number of aromatic nitrogens is 5. The number of amides is 1. The van der Waals surface area contributed by atoms with Crippen molar-refractivity contribution in [3.8, 4) is 0 Å². The molecular formula is C30H52N12O3. The normalized spacial score (nSPS) is 16.9. The molecule has 1 saturated carbocycles. The number of carbonyl (C=O) groups excluding carboxylic acids is 1. The van der Waals surface area contributed by atoms with Crippen LogP contribution in [0.25, 0.3) is 0 Å². The number of hydrogen-bond donors (Lipinski definition) is 7. The summed E-state index contributed by atoms with van der Waals surface area (Å²) >= 11 is 0. The molecule has 250 valence electrons. The van der Waals surface area contributed by atoms with Gasteiger partial charge in [-0.3, -0.25) is 14.3 Å². The standard InChI is InChI=1S/C30H52N12O3/c31-25(29(44)45)8-9-28(43)35-19-22-10-16-41(17-11-22)27-18-26(32)37-30(38-27)36-20-24-21-42(40-39-24)15-5-13-33-12-4-14-34-23-6-2-1-3-7-23/h18,21-23,25,33-34H,1-17,19-20,31H2,(H,35,43)(H,44,45)(H3,32,36,37,38)/t25-/m0/s1. The first-order valence-electron chi connectivity index (χ1n) is 16.6. The third kappa shape index (κ3) is 12.4. The molecule has 15 heteroatoms. The number of nitrogen functional groups attached to an aromatic ring is 1. The minimum absolute atomic E-state index is 0.106. The second kappa shape index (κ2) is 18.4. The van der Waals surface area contributed by atoms with E-state index in [9.17, 15) is 9.59 Å². The number of anilines is 3. The number of piperidine rings is 1. The van der Waals surface area contributed by atoms with Crippen LogP contribution in [0.3, 0.4) is 0 Å². The van der Waals surface area contributed by atoms with E-state index >= 15 is 0 Å². The van der Waals surface area contributed by atoms with Gasteiger partial charge in [-0.25, -0.2) is 0 Å². The molecule has 1 atom stereocenters. The van der Waals surface area contributed by atoms with E-state index in [1.807, 2.05) is 10.9 Å². The van der Waals surface area contributed by atoms with Gasteiger partial charge in [0.15, 0.2) is 0 Å². The fourth-order valence-electron chi connectivity index (χ4n) is 5.83. The molecule has 0 bridgehead atoms. The van der Waals surface area contributed by atoms with E-state index < -0.39 is 12.0 Å². The predicted octanol–water partition coefficient (Wildman–Crippen LogP) is 1.08. The van der Waals surface area contributed by atoms with Crippen LogP contribution in [0, 0.1) is 5.92 Å². The monoisotopic (exact) mass is 628 g/mol. The van der Waals surface area contributed by atoms with Crippen LogP contribution < -0.4 is 37.6 Å². The smallest absolute Gasteiger partial charge is 0.320 e. The van der Waals surface area contributed by atoms with Crippen LogP contribution in [-0.4, -0.2) is 93.3 Å². The molecule has 45 heavy (non-hydrogen) atoms. The fraction of sp³-hybridized carbons (Fsp3) is 0.733. The van der Waals surface area contributed by atoms with Crippen LogP contribution in [-0.2, 0) is 22.7 Å². The van der Waals surface area contributed by atoms with Crippen molar-refractivity contribution in [3.63, 3.8) is 0 Å². The van der Waals surface area contributed by atoms with Gasteiger partial charge in [-0.15, -0.1) is 5.10 Å². The summed E-state index contributed by atoms with van der Waals surface area (Å²) in [5.41, 5.74) is 12.4. The third-order valence-corrected chi connectivity index (χ3v) is 8.58. The van der Waals surface area contributed by atoms with Gasteiger partial charge in [0.1, 0.15) is 23.4 Å². The van der Waals surface area contributed by atoms with Crippen molar-refractivity contribution < 1.29 is 14.7 Å². The number of carboxylic acid groups (broad SMARTS) is 1. The van der Waals surface area contributed by atoms with Gasteiger partial charge < -0.3 is 42.7 Å². The summed E-state index contributed by atoms with van der Waals surface area (Å²) in [6, 6.07) is 1.49. The van der Waals surface area contributed by atoms with E-state index in [2.05, 4.69) is 46.4 Å². The number of carbonyl (C=O) groups is 2. The van der Waals surface area contributed by atoms with Crippen LogP contribution in [0.1, 0.15) is 76.3 Å². The number of nitrogens with two attached hydrogens (primary N) is 2. The molecule has 1 aliphatic carbocycles. The molecule has 2 aromatic rings. The lowest BCUT2D eigenvalue weighted by atomic mass is 9.95. The number of carboxylic acids is 1. The van der Waals surface area contributed by atoms with Gasteiger partial charge in [0.25, 0.3) is 0 Å². The first-order valence-corrected chi connectivity index (χ1v) is 16.6. The molecule has 0 spiro atoms. The molecule has 1 amide bonds. The van der Waals surface area contributed by atoms with E-state index in [0.29, 0.717) is 30.8 Å². The Morgan fingerprint density at radius 3 is 2.60 bits per heavy atom. The van der Waals surface area contributed by atoms with E-state index in [-0.39, 0.29) is 18.7 Å². The maximum atomic E-state index is 12.1. The lowest BCUT2D eigenvalue weighted by molar-refractivity contribution is -0.138. The van der Waals surface area contributed by atoms with Crippen LogP contribution in [0.2, 0.25) is 0 Å². The highest BCUT2D eigenvalue weighted by Gasteiger charge is 2.22. The van der Waals surface area contributed by atoms with Crippen molar-refractivity contribution >= 4 is 29.5 Å². The summed E-state index contributed by atoms with van der Waals surface area (Å²) in [6.45, 7) is 6.42. The fourth-order valence-corrected chi connectivity index (χ4v) is 5.83. The second-order valence-electron chi connectivity index (χ2n) is 12.3. The Balaban J connectivity index is 1.09. The number of rotatable bonds is 19. The van der Waals surface area contributed by atoms with Crippen LogP contribution in [0.15, 0.2) is 12.3 Å². The molecule has 3 heterocycles. The quantitative estimate of drug-likeness (QED) is 0.109. The molecule has 1 saturated heterocycles. The largest absolute Gasteiger partial charge is 0.480 e. The molecule has 0 aromatic carbocycles. The summed E-state index contributed by atoms with van der Waals surface area (Å²) in [7, 11) is 0. The van der Waals surface area contributed by atoms with Gasteiger partial charge in [-0.05, 0) is 70.5 Å². The van der Waals surface area contributed by atoms with E-state index in [1.54, 1.807) is 6.07 Å². The molecule has 2 aromatic heterocycles. The summed E-state index contributed by atoms with van der Waals surface area (Å²) in [5.74, 6) is 0.656. The topological polar surface area (TPSA) is 214 Å². The molecule has 0 unspecified atom stereocenters. The molecule has 1 aliphatic heterocycles. The van der Waals surface area contributed by atoms with Gasteiger partial charge in [-0.2, -0.15) is 9.97 Å². The Labute approximate surface area is 265 Å². The first kappa shape index (κ1) is 34.3. The van der Waals surface area contributed by atoms with Gasteiger partial charge in [0.2, 0.25) is 11.9 Å². The number of hydrogen-bond acceptors (Lipinski definition) is 12. The Morgan fingerprint density at radius 2 is 1.82 bits per heavy atom. The molecule has 0 radical (unpaired) electrons. The van der Waals surface area contributed by atoms with Crippen LogP contribution in [0.4, 0.5) is 17.6 Å². The SMILES string of the molecule is Nc1cc(N2CCC(CNC(=O)CC[C@H](N)C(=O)O)CC2)nc(NCc2cn(CCCNCCCNC3CCCCC3)nn2)n1. The highest BCUT2D eigenvalue weighted by Crippen LogP contribution is 2.24. The average Bonchev–Trinajstić information content (AvgIpc) is 3.51. The van der Waals surface area contributed by atoms with Gasteiger partial charge >= 0.3 is 5.97 Å². The molecule has 15 nitrogen and oxygen atoms in total. The minimum atomic E-state index is -1.09. The number of aryl methyl sites for hydroxylation is 1. The average molecular weight is 629 g/mol. The minimum Gasteiger partial charge on any atom is -0.480 e. The van der Waals surface area contributed by atoms with Crippen molar-refractivity contribution in [2.45, 2.75) is 95.8 Å². The summed E-state index contributed by atoms with van der Waals surface area (Å²) in [4.78, 5) is 34.1. The zero-order valence-electron chi connectivity index (χ0n) is 26.4. The Bertz CT molecular complexity index is 1180. The maximum Gasteiger partial charge on any atom is 0.320 e. The second-order valence-corrected chi connectivity index (χ2v) is 12.3. The Morgan fingerprint density at radius 1 is 1.04 bits per heavy atom.